The summed E-state index contributed by atoms with van der Waals surface area (Å²) in [5.74, 6) is -2.76. The van der Waals surface area contributed by atoms with Crippen molar-refractivity contribution in [3.63, 3.8) is 0 Å². The summed E-state index contributed by atoms with van der Waals surface area (Å²) in [6.45, 7) is 0. The second-order valence-corrected chi connectivity index (χ2v) is 4.94. The Bertz CT molecular complexity index is 921. The van der Waals surface area contributed by atoms with Crippen LogP contribution in [-0.2, 0) is 14.3 Å². The van der Waals surface area contributed by atoms with E-state index < -0.39 is 35.6 Å². The Labute approximate surface area is 127 Å². The zero-order valence-corrected chi connectivity index (χ0v) is 11.5. The number of aromatic hydroxyl groups is 2. The molecule has 0 bridgehead atoms. The summed E-state index contributed by atoms with van der Waals surface area (Å²) < 4.78 is 10.3. The Morgan fingerprint density at radius 1 is 1.17 bits per heavy atom. The number of carboxylic acids is 1. The minimum absolute atomic E-state index is 0.0652. The number of phenols is 2. The molecule has 0 amide bonds. The lowest BCUT2D eigenvalue weighted by molar-refractivity contribution is -0.144. The fraction of sp³-hybridized carbons (Fsp3) is 0.133. The smallest absolute Gasteiger partial charge is 0.331 e. The first kappa shape index (κ1) is 14.6. The number of carbonyl (C=O) groups is 2. The molecule has 1 aromatic carbocycles. The predicted molar refractivity (Wildman–Crippen MR) is 75.9 cm³/mol. The number of carbonyl (C=O) groups excluding carboxylic acids is 1. The second kappa shape index (κ2) is 5.16. The second-order valence-electron chi connectivity index (χ2n) is 4.94. The number of carboxylic acid groups (broad SMARTS) is 1. The molecule has 3 rings (SSSR count). The van der Waals surface area contributed by atoms with E-state index in [2.05, 4.69) is 0 Å². The van der Waals surface area contributed by atoms with Gasteiger partial charge in [0.1, 0.15) is 34.3 Å². The minimum Gasteiger partial charge on any atom is -0.508 e. The molecule has 118 valence electrons. The molecule has 1 aromatic heterocycles. The Hall–Kier alpha value is -3.29. The SMILES string of the molecule is O=C(O)CC1OC(=O)C=C1c1cc(=O)c2c(O)cc(O)cc2o1. The van der Waals surface area contributed by atoms with E-state index in [0.717, 1.165) is 24.3 Å². The van der Waals surface area contributed by atoms with Crippen molar-refractivity contribution in [2.75, 3.05) is 0 Å². The topological polar surface area (TPSA) is 134 Å². The van der Waals surface area contributed by atoms with Crippen LogP contribution in [0.15, 0.2) is 33.5 Å². The van der Waals surface area contributed by atoms with Gasteiger partial charge in [-0.1, -0.05) is 0 Å². The van der Waals surface area contributed by atoms with Crippen LogP contribution in [0.3, 0.4) is 0 Å². The lowest BCUT2D eigenvalue weighted by atomic mass is 10.0. The highest BCUT2D eigenvalue weighted by atomic mass is 16.5. The van der Waals surface area contributed by atoms with Crippen molar-refractivity contribution in [2.45, 2.75) is 12.5 Å². The van der Waals surface area contributed by atoms with Gasteiger partial charge in [0.05, 0.1) is 6.42 Å². The molecule has 8 nitrogen and oxygen atoms in total. The Morgan fingerprint density at radius 2 is 1.91 bits per heavy atom. The molecule has 0 aliphatic carbocycles. The number of aliphatic carboxylic acids is 1. The van der Waals surface area contributed by atoms with E-state index in [4.69, 9.17) is 14.3 Å². The molecule has 0 fully saturated rings. The fourth-order valence-electron chi connectivity index (χ4n) is 2.39. The lowest BCUT2D eigenvalue weighted by Gasteiger charge is -2.12. The highest BCUT2D eigenvalue weighted by Crippen LogP contribution is 2.32. The molecule has 1 atom stereocenters. The predicted octanol–water partition coefficient (Wildman–Crippen LogP) is 0.988. The molecule has 8 heteroatoms. The molecule has 0 saturated carbocycles. The zero-order chi connectivity index (χ0) is 16.7. The first-order chi connectivity index (χ1) is 10.8. The van der Waals surface area contributed by atoms with Crippen molar-refractivity contribution >= 4 is 28.5 Å². The van der Waals surface area contributed by atoms with Crippen LogP contribution < -0.4 is 5.43 Å². The summed E-state index contributed by atoms with van der Waals surface area (Å²) in [5, 5.41) is 27.9. The van der Waals surface area contributed by atoms with Gasteiger partial charge in [-0.3, -0.25) is 9.59 Å². The maximum atomic E-state index is 12.1. The number of cyclic esters (lactones) is 1. The van der Waals surface area contributed by atoms with E-state index in [-0.39, 0.29) is 28.1 Å². The van der Waals surface area contributed by atoms with E-state index in [1.807, 2.05) is 0 Å². The molecule has 0 saturated heterocycles. The van der Waals surface area contributed by atoms with Gasteiger partial charge in [-0.05, 0) is 0 Å². The van der Waals surface area contributed by atoms with Crippen molar-refractivity contribution in [3.8, 4) is 11.5 Å². The van der Waals surface area contributed by atoms with Gasteiger partial charge in [-0.2, -0.15) is 0 Å². The van der Waals surface area contributed by atoms with Crippen LogP contribution in [0.1, 0.15) is 12.2 Å². The normalized spacial score (nSPS) is 17.1. The van der Waals surface area contributed by atoms with E-state index in [1.165, 1.54) is 0 Å². The number of ether oxygens (including phenoxy) is 1. The van der Waals surface area contributed by atoms with Gasteiger partial charge in [0, 0.05) is 29.8 Å². The molecule has 1 aliphatic heterocycles. The van der Waals surface area contributed by atoms with E-state index in [0.29, 0.717) is 0 Å². The number of phenolic OH excluding ortho intramolecular Hbond substituents is 2. The number of hydrogen-bond acceptors (Lipinski definition) is 7. The van der Waals surface area contributed by atoms with Crippen LogP contribution in [0.5, 0.6) is 11.5 Å². The molecule has 2 aromatic rings. The van der Waals surface area contributed by atoms with Gasteiger partial charge in [0.15, 0.2) is 5.43 Å². The van der Waals surface area contributed by atoms with Crippen LogP contribution in [0.2, 0.25) is 0 Å². The lowest BCUT2D eigenvalue weighted by Crippen LogP contribution is -2.17. The maximum absolute atomic E-state index is 12.1. The fourth-order valence-corrected chi connectivity index (χ4v) is 2.39. The molecule has 2 heterocycles. The van der Waals surface area contributed by atoms with Crippen molar-refractivity contribution in [3.05, 3.63) is 40.3 Å². The van der Waals surface area contributed by atoms with E-state index >= 15 is 0 Å². The van der Waals surface area contributed by atoms with Crippen LogP contribution in [0.4, 0.5) is 0 Å². The van der Waals surface area contributed by atoms with Crippen LogP contribution >= 0.6 is 0 Å². The number of rotatable bonds is 3. The highest BCUT2D eigenvalue weighted by molar-refractivity contribution is 5.98. The summed E-state index contributed by atoms with van der Waals surface area (Å²) in [6, 6.07) is 3.15. The molecule has 1 unspecified atom stereocenters. The first-order valence-corrected chi connectivity index (χ1v) is 6.49. The van der Waals surface area contributed by atoms with Gasteiger partial charge >= 0.3 is 11.9 Å². The van der Waals surface area contributed by atoms with Crippen molar-refractivity contribution in [1.29, 1.82) is 0 Å². The van der Waals surface area contributed by atoms with E-state index in [9.17, 15) is 24.6 Å². The molecular weight excluding hydrogens is 308 g/mol. The first-order valence-electron chi connectivity index (χ1n) is 6.49. The molecule has 0 radical (unpaired) electrons. The largest absolute Gasteiger partial charge is 0.508 e. The molecule has 0 spiro atoms. The summed E-state index contributed by atoms with van der Waals surface area (Å²) in [6.07, 6.45) is -0.517. The molecular formula is C15H10O8. The molecule has 3 N–H and O–H groups in total. The number of esters is 1. The Kier molecular flexibility index (Phi) is 3.29. The van der Waals surface area contributed by atoms with Crippen molar-refractivity contribution < 1.29 is 34.1 Å². The third kappa shape index (κ3) is 2.61. The van der Waals surface area contributed by atoms with Gasteiger partial charge in [0.25, 0.3) is 0 Å². The number of fused-ring (bicyclic) bond motifs is 1. The third-order valence-corrected chi connectivity index (χ3v) is 3.32. The van der Waals surface area contributed by atoms with Gasteiger partial charge in [0.2, 0.25) is 0 Å². The average molecular weight is 318 g/mol. The van der Waals surface area contributed by atoms with E-state index in [1.54, 1.807) is 0 Å². The van der Waals surface area contributed by atoms with Crippen molar-refractivity contribution in [1.82, 2.24) is 0 Å². The van der Waals surface area contributed by atoms with Gasteiger partial charge < -0.3 is 24.5 Å². The summed E-state index contributed by atoms with van der Waals surface area (Å²) in [7, 11) is 0. The van der Waals surface area contributed by atoms with Crippen molar-refractivity contribution in [2.24, 2.45) is 0 Å². The summed E-state index contributed by atoms with van der Waals surface area (Å²) in [4.78, 5) is 34.3. The summed E-state index contributed by atoms with van der Waals surface area (Å²) >= 11 is 0. The Morgan fingerprint density at radius 3 is 2.61 bits per heavy atom. The minimum atomic E-state index is -1.19. The Balaban J connectivity index is 2.16. The molecule has 1 aliphatic rings. The van der Waals surface area contributed by atoms with Crippen LogP contribution in [0.25, 0.3) is 16.5 Å². The van der Waals surface area contributed by atoms with Crippen LogP contribution in [0, 0.1) is 0 Å². The summed E-state index contributed by atoms with van der Waals surface area (Å²) in [5.41, 5.74) is -0.591. The average Bonchev–Trinajstić information content (AvgIpc) is 2.77. The van der Waals surface area contributed by atoms with Gasteiger partial charge in [-0.25, -0.2) is 4.79 Å². The van der Waals surface area contributed by atoms with Crippen LogP contribution in [-0.4, -0.2) is 33.4 Å². The standard InChI is InChI=1S/C15H10O8/c16-6-1-8(17)15-9(18)4-10(22-12(15)2-6)7-3-14(21)23-11(7)5-13(19)20/h1-4,11,16-17H,5H2,(H,19,20). The monoisotopic (exact) mass is 318 g/mol. The quantitative estimate of drug-likeness (QED) is 0.713. The zero-order valence-electron chi connectivity index (χ0n) is 11.5. The number of benzene rings is 1. The number of hydrogen-bond donors (Lipinski definition) is 3. The van der Waals surface area contributed by atoms with Gasteiger partial charge in [-0.15, -0.1) is 0 Å². The highest BCUT2D eigenvalue weighted by Gasteiger charge is 2.31. The molecule has 23 heavy (non-hydrogen) atoms. The maximum Gasteiger partial charge on any atom is 0.331 e. The third-order valence-electron chi connectivity index (χ3n) is 3.32.